The Morgan fingerprint density at radius 3 is 2.81 bits per heavy atom. The number of nitrogens with zero attached hydrogens (tertiary/aromatic N) is 4. The second-order valence-electron chi connectivity index (χ2n) is 6.05. The zero-order chi connectivity index (χ0) is 18.3. The van der Waals surface area contributed by atoms with Crippen molar-refractivity contribution in [2.75, 3.05) is 12.4 Å². The number of carbonyl (C=O) groups is 1. The molecule has 1 aliphatic heterocycles. The lowest BCUT2D eigenvalue weighted by molar-refractivity contribution is -0.116. The molecule has 1 amide bonds. The predicted octanol–water partition coefficient (Wildman–Crippen LogP) is 2.59. The van der Waals surface area contributed by atoms with Crippen LogP contribution in [0.15, 0.2) is 36.4 Å². The third kappa shape index (κ3) is 2.69. The van der Waals surface area contributed by atoms with Gasteiger partial charge in [0.15, 0.2) is 5.82 Å². The van der Waals surface area contributed by atoms with Gasteiger partial charge in [0.25, 0.3) is 0 Å². The summed E-state index contributed by atoms with van der Waals surface area (Å²) < 4.78 is 20.2. The van der Waals surface area contributed by atoms with Crippen molar-refractivity contribution in [3.05, 3.63) is 59.0 Å². The molecule has 1 aliphatic rings. The summed E-state index contributed by atoms with van der Waals surface area (Å²) in [5.74, 6) is 0.612. The maximum Gasteiger partial charge on any atom is 0.233 e. The molecule has 2 aromatic heterocycles. The smallest absolute Gasteiger partial charge is 0.233 e. The number of aryl methyl sites for hydroxylation is 1. The third-order valence-corrected chi connectivity index (χ3v) is 4.41. The summed E-state index contributed by atoms with van der Waals surface area (Å²) in [6.45, 7) is 1.86. The number of methoxy groups -OCH3 is 1. The van der Waals surface area contributed by atoms with Crippen LogP contribution in [0.25, 0.3) is 5.82 Å². The lowest BCUT2D eigenvalue weighted by atomic mass is 9.86. The van der Waals surface area contributed by atoms with Crippen LogP contribution < -0.4 is 10.1 Å². The highest BCUT2D eigenvalue weighted by Gasteiger charge is 2.33. The number of anilines is 1. The first-order valence-corrected chi connectivity index (χ1v) is 8.09. The number of hydrogen-bond donors (Lipinski definition) is 1. The van der Waals surface area contributed by atoms with E-state index in [1.165, 1.54) is 19.2 Å². The minimum atomic E-state index is -0.332. The molecule has 1 N–H and O–H groups in total. The zero-order valence-corrected chi connectivity index (χ0v) is 14.2. The number of hydrogen-bond acceptors (Lipinski definition) is 5. The van der Waals surface area contributed by atoms with Gasteiger partial charge in [-0.15, -0.1) is 10.2 Å². The Hall–Kier alpha value is -3.29. The molecule has 0 bridgehead atoms. The van der Waals surface area contributed by atoms with Gasteiger partial charge in [-0.25, -0.2) is 4.39 Å². The van der Waals surface area contributed by atoms with E-state index in [-0.39, 0.29) is 24.1 Å². The van der Waals surface area contributed by atoms with E-state index in [0.717, 1.165) is 16.8 Å². The number of ether oxygens (including phenoxy) is 1. The van der Waals surface area contributed by atoms with Gasteiger partial charge >= 0.3 is 0 Å². The fraction of sp³-hybridized carbons (Fsp3) is 0.222. The molecule has 0 aliphatic carbocycles. The highest BCUT2D eigenvalue weighted by Crippen LogP contribution is 2.40. The van der Waals surface area contributed by atoms with Crippen LogP contribution in [-0.4, -0.2) is 33.0 Å². The van der Waals surface area contributed by atoms with Crippen molar-refractivity contribution < 1.29 is 13.9 Å². The van der Waals surface area contributed by atoms with Gasteiger partial charge in [-0.3, -0.25) is 4.79 Å². The number of carbonyl (C=O) groups excluding carboxylic acids is 1. The monoisotopic (exact) mass is 353 g/mol. The summed E-state index contributed by atoms with van der Waals surface area (Å²) in [5.41, 5.74) is 2.34. The minimum absolute atomic E-state index is 0.158. The van der Waals surface area contributed by atoms with Crippen LogP contribution in [0.3, 0.4) is 0 Å². The van der Waals surface area contributed by atoms with Gasteiger partial charge in [0.2, 0.25) is 11.8 Å². The second-order valence-corrected chi connectivity index (χ2v) is 6.05. The van der Waals surface area contributed by atoms with Crippen molar-refractivity contribution in [1.82, 2.24) is 20.0 Å². The summed E-state index contributed by atoms with van der Waals surface area (Å²) in [5, 5.41) is 15.4. The average Bonchev–Trinajstić information content (AvgIpc) is 2.97. The molecule has 0 saturated carbocycles. The normalized spacial score (nSPS) is 16.1. The van der Waals surface area contributed by atoms with Gasteiger partial charge in [-0.05, 0) is 30.7 Å². The van der Waals surface area contributed by atoms with E-state index in [2.05, 4.69) is 20.6 Å². The fourth-order valence-electron chi connectivity index (χ4n) is 3.26. The highest BCUT2D eigenvalue weighted by molar-refractivity contribution is 5.95. The number of benzene rings is 1. The molecule has 8 heteroatoms. The van der Waals surface area contributed by atoms with Gasteiger partial charge < -0.3 is 10.1 Å². The molecule has 7 nitrogen and oxygen atoms in total. The van der Waals surface area contributed by atoms with Crippen LogP contribution in [0.4, 0.5) is 10.2 Å². The van der Waals surface area contributed by atoms with Crippen molar-refractivity contribution in [1.29, 1.82) is 0 Å². The second kappa shape index (κ2) is 6.21. The fourth-order valence-corrected chi connectivity index (χ4v) is 3.26. The van der Waals surface area contributed by atoms with E-state index >= 15 is 0 Å². The van der Waals surface area contributed by atoms with E-state index in [4.69, 9.17) is 4.74 Å². The first-order chi connectivity index (χ1) is 12.6. The lowest BCUT2D eigenvalue weighted by Gasteiger charge is -2.24. The molecule has 1 aromatic carbocycles. The molecule has 132 valence electrons. The van der Waals surface area contributed by atoms with Crippen molar-refractivity contribution in [3.8, 4) is 11.7 Å². The molecule has 0 fully saturated rings. The summed E-state index contributed by atoms with van der Waals surface area (Å²) in [7, 11) is 1.51. The minimum Gasteiger partial charge on any atom is -0.480 e. The molecule has 0 spiro atoms. The van der Waals surface area contributed by atoms with Gasteiger partial charge in [0, 0.05) is 24.0 Å². The maximum absolute atomic E-state index is 13.7. The topological polar surface area (TPSA) is 81.9 Å². The molecule has 3 aromatic rings. The Bertz CT molecular complexity index is 984. The average molecular weight is 353 g/mol. The molecular weight excluding hydrogens is 337 g/mol. The SMILES string of the molecule is COc1ccc(-n2nc(C)c3c2NC(=O)CC3c2cccc(F)c2)nn1. The molecule has 1 atom stereocenters. The number of fused-ring (bicyclic) bond motifs is 1. The van der Waals surface area contributed by atoms with Gasteiger partial charge in [-0.1, -0.05) is 12.1 Å². The predicted molar refractivity (Wildman–Crippen MR) is 91.9 cm³/mol. The maximum atomic E-state index is 13.7. The quantitative estimate of drug-likeness (QED) is 0.783. The highest BCUT2D eigenvalue weighted by atomic mass is 19.1. The van der Waals surface area contributed by atoms with Crippen molar-refractivity contribution >= 4 is 11.7 Å². The van der Waals surface area contributed by atoms with Crippen LogP contribution >= 0.6 is 0 Å². The van der Waals surface area contributed by atoms with Gasteiger partial charge in [0.05, 0.1) is 12.8 Å². The van der Waals surface area contributed by atoms with Crippen LogP contribution in [0.2, 0.25) is 0 Å². The standard InChI is InChI=1S/C18H16FN5O2/c1-10-17-13(11-4-3-5-12(19)8-11)9-15(25)20-18(17)24(23-10)14-6-7-16(26-2)22-21-14/h3-8,13H,9H2,1-2H3,(H,20,25). The summed E-state index contributed by atoms with van der Waals surface area (Å²) in [6, 6.07) is 9.68. The van der Waals surface area contributed by atoms with Gasteiger partial charge in [-0.2, -0.15) is 9.78 Å². The molecule has 3 heterocycles. The van der Waals surface area contributed by atoms with Crippen molar-refractivity contribution in [3.63, 3.8) is 0 Å². The number of halogens is 1. The number of rotatable bonds is 3. The molecule has 26 heavy (non-hydrogen) atoms. The molecular formula is C18H16FN5O2. The van der Waals surface area contributed by atoms with E-state index in [9.17, 15) is 9.18 Å². The number of nitrogens with one attached hydrogen (secondary N) is 1. The third-order valence-electron chi connectivity index (χ3n) is 4.41. The Kier molecular flexibility index (Phi) is 3.87. The van der Waals surface area contributed by atoms with Crippen LogP contribution in [-0.2, 0) is 4.79 Å². The Morgan fingerprint density at radius 2 is 2.12 bits per heavy atom. The Morgan fingerprint density at radius 1 is 1.27 bits per heavy atom. The van der Waals surface area contributed by atoms with E-state index < -0.39 is 0 Å². The van der Waals surface area contributed by atoms with E-state index in [1.54, 1.807) is 22.9 Å². The van der Waals surface area contributed by atoms with Crippen LogP contribution in [0.1, 0.15) is 29.2 Å². The number of amides is 1. The Labute approximate surface area is 148 Å². The molecule has 0 saturated heterocycles. The van der Waals surface area contributed by atoms with Gasteiger partial charge in [0.1, 0.15) is 11.6 Å². The first-order valence-electron chi connectivity index (χ1n) is 8.09. The number of aromatic nitrogens is 4. The van der Waals surface area contributed by atoms with E-state index in [0.29, 0.717) is 17.5 Å². The first kappa shape index (κ1) is 16.2. The summed E-state index contributed by atoms with van der Waals surface area (Å²) in [6.07, 6.45) is 0.233. The van der Waals surface area contributed by atoms with Crippen LogP contribution in [0.5, 0.6) is 5.88 Å². The molecule has 1 unspecified atom stereocenters. The van der Waals surface area contributed by atoms with Crippen molar-refractivity contribution in [2.24, 2.45) is 0 Å². The summed E-state index contributed by atoms with van der Waals surface area (Å²) >= 11 is 0. The van der Waals surface area contributed by atoms with Crippen molar-refractivity contribution in [2.45, 2.75) is 19.3 Å². The molecule has 0 radical (unpaired) electrons. The Balaban J connectivity index is 1.84. The largest absolute Gasteiger partial charge is 0.480 e. The molecule has 4 rings (SSSR count). The summed E-state index contributed by atoms with van der Waals surface area (Å²) in [4.78, 5) is 12.3. The zero-order valence-electron chi connectivity index (χ0n) is 14.2. The lowest BCUT2D eigenvalue weighted by Crippen LogP contribution is -2.25. The van der Waals surface area contributed by atoms with Crippen LogP contribution in [0, 0.1) is 12.7 Å². The van der Waals surface area contributed by atoms with E-state index in [1.807, 2.05) is 13.0 Å².